The third-order valence-electron chi connectivity index (χ3n) is 3.61. The second-order valence-electron chi connectivity index (χ2n) is 5.75. The van der Waals surface area contributed by atoms with Crippen LogP contribution in [-0.2, 0) is 13.0 Å². The molecule has 0 aliphatic heterocycles. The fraction of sp³-hybridized carbons (Fsp3) is 0.333. The first-order chi connectivity index (χ1) is 13.1. The SMILES string of the molecule is CCNC(=NCc1nc(-c2cccc(Cl)c2)no1)NCCc1csc(C)n1.I. The van der Waals surface area contributed by atoms with Gasteiger partial charge in [0, 0.05) is 35.5 Å². The highest BCUT2D eigenvalue weighted by atomic mass is 127. The van der Waals surface area contributed by atoms with Gasteiger partial charge < -0.3 is 15.2 Å². The Balaban J connectivity index is 0.00000280. The van der Waals surface area contributed by atoms with Crippen molar-refractivity contribution in [1.29, 1.82) is 0 Å². The van der Waals surface area contributed by atoms with Crippen LogP contribution in [0.15, 0.2) is 39.2 Å². The van der Waals surface area contributed by atoms with Gasteiger partial charge in [-0.05, 0) is 26.0 Å². The van der Waals surface area contributed by atoms with Gasteiger partial charge >= 0.3 is 0 Å². The number of rotatable bonds is 7. The summed E-state index contributed by atoms with van der Waals surface area (Å²) < 4.78 is 5.29. The van der Waals surface area contributed by atoms with E-state index in [1.165, 1.54) is 0 Å². The molecule has 0 radical (unpaired) electrons. The third kappa shape index (κ3) is 6.71. The van der Waals surface area contributed by atoms with E-state index in [-0.39, 0.29) is 24.0 Å². The molecule has 3 rings (SSSR count). The molecule has 2 heterocycles. The molecule has 0 aliphatic carbocycles. The summed E-state index contributed by atoms with van der Waals surface area (Å²) in [7, 11) is 0. The van der Waals surface area contributed by atoms with E-state index in [0.717, 1.165) is 35.8 Å². The van der Waals surface area contributed by atoms with Crippen LogP contribution < -0.4 is 10.6 Å². The minimum absolute atomic E-state index is 0. The Bertz CT molecular complexity index is 913. The molecule has 0 aliphatic rings. The van der Waals surface area contributed by atoms with E-state index in [1.54, 1.807) is 23.5 Å². The van der Waals surface area contributed by atoms with E-state index in [2.05, 4.69) is 36.1 Å². The largest absolute Gasteiger partial charge is 0.357 e. The molecule has 0 fully saturated rings. The number of aryl methyl sites for hydroxylation is 1. The van der Waals surface area contributed by atoms with Gasteiger partial charge in [0.15, 0.2) is 5.96 Å². The highest BCUT2D eigenvalue weighted by Gasteiger charge is 2.09. The summed E-state index contributed by atoms with van der Waals surface area (Å²) >= 11 is 7.67. The summed E-state index contributed by atoms with van der Waals surface area (Å²) in [6.45, 7) is 5.82. The molecule has 28 heavy (non-hydrogen) atoms. The lowest BCUT2D eigenvalue weighted by atomic mass is 10.2. The van der Waals surface area contributed by atoms with Crippen LogP contribution in [0.3, 0.4) is 0 Å². The number of benzene rings is 1. The summed E-state index contributed by atoms with van der Waals surface area (Å²) in [5.41, 5.74) is 1.90. The Morgan fingerprint density at radius 3 is 2.86 bits per heavy atom. The number of aliphatic imine (C=N–C) groups is 1. The molecule has 2 aromatic heterocycles. The predicted molar refractivity (Wildman–Crippen MR) is 124 cm³/mol. The van der Waals surface area contributed by atoms with E-state index in [9.17, 15) is 0 Å². The predicted octanol–water partition coefficient (Wildman–Crippen LogP) is 4.07. The van der Waals surface area contributed by atoms with Crippen molar-refractivity contribution in [2.45, 2.75) is 26.8 Å². The van der Waals surface area contributed by atoms with Crippen LogP contribution in [0, 0.1) is 6.92 Å². The monoisotopic (exact) mass is 532 g/mol. The maximum Gasteiger partial charge on any atom is 0.248 e. The maximum atomic E-state index is 6.00. The first-order valence-corrected chi connectivity index (χ1v) is 9.91. The Morgan fingerprint density at radius 1 is 1.29 bits per heavy atom. The maximum absolute atomic E-state index is 6.00. The lowest BCUT2D eigenvalue weighted by Gasteiger charge is -2.09. The van der Waals surface area contributed by atoms with Gasteiger partial charge in [0.1, 0.15) is 6.54 Å². The van der Waals surface area contributed by atoms with Gasteiger partial charge in [0.25, 0.3) is 0 Å². The topological polar surface area (TPSA) is 88.2 Å². The normalized spacial score (nSPS) is 11.2. The van der Waals surface area contributed by atoms with Gasteiger partial charge in [-0.1, -0.05) is 28.9 Å². The Kier molecular flexibility index (Phi) is 9.13. The van der Waals surface area contributed by atoms with Crippen molar-refractivity contribution in [3.63, 3.8) is 0 Å². The summed E-state index contributed by atoms with van der Waals surface area (Å²) in [6.07, 6.45) is 0.841. The molecular formula is C18H22ClIN6OS. The first kappa shape index (κ1) is 22.6. The first-order valence-electron chi connectivity index (χ1n) is 8.65. The van der Waals surface area contributed by atoms with E-state index < -0.39 is 0 Å². The van der Waals surface area contributed by atoms with Crippen LogP contribution in [0.25, 0.3) is 11.4 Å². The van der Waals surface area contributed by atoms with Gasteiger partial charge in [-0.25, -0.2) is 9.98 Å². The van der Waals surface area contributed by atoms with E-state index in [1.807, 2.05) is 26.0 Å². The van der Waals surface area contributed by atoms with Crippen molar-refractivity contribution < 1.29 is 4.52 Å². The number of thiazole rings is 1. The minimum atomic E-state index is 0. The van der Waals surface area contributed by atoms with Crippen LogP contribution in [-0.4, -0.2) is 34.2 Å². The number of hydrogen-bond donors (Lipinski definition) is 2. The molecule has 0 bridgehead atoms. The molecule has 150 valence electrons. The van der Waals surface area contributed by atoms with Crippen LogP contribution >= 0.6 is 46.9 Å². The molecule has 7 nitrogen and oxygen atoms in total. The fourth-order valence-corrected chi connectivity index (χ4v) is 3.22. The molecule has 3 aromatic rings. The Morgan fingerprint density at radius 2 is 2.14 bits per heavy atom. The molecule has 0 atom stereocenters. The summed E-state index contributed by atoms with van der Waals surface area (Å²) in [5.74, 6) is 1.64. The van der Waals surface area contributed by atoms with Crippen molar-refractivity contribution in [2.75, 3.05) is 13.1 Å². The molecular weight excluding hydrogens is 511 g/mol. The zero-order chi connectivity index (χ0) is 19.1. The second kappa shape index (κ2) is 11.3. The smallest absolute Gasteiger partial charge is 0.248 e. The Labute approximate surface area is 190 Å². The van der Waals surface area contributed by atoms with Crippen molar-refractivity contribution >= 4 is 52.9 Å². The number of hydrogen-bond acceptors (Lipinski definition) is 6. The van der Waals surface area contributed by atoms with E-state index >= 15 is 0 Å². The minimum Gasteiger partial charge on any atom is -0.357 e. The van der Waals surface area contributed by atoms with Gasteiger partial charge in [-0.15, -0.1) is 35.3 Å². The highest BCUT2D eigenvalue weighted by molar-refractivity contribution is 14.0. The lowest BCUT2D eigenvalue weighted by molar-refractivity contribution is 0.380. The van der Waals surface area contributed by atoms with Gasteiger partial charge in [-0.2, -0.15) is 4.98 Å². The number of nitrogens with zero attached hydrogens (tertiary/aromatic N) is 4. The molecule has 0 spiro atoms. The quantitative estimate of drug-likeness (QED) is 0.271. The van der Waals surface area contributed by atoms with Crippen molar-refractivity contribution in [3.8, 4) is 11.4 Å². The molecule has 0 saturated heterocycles. The van der Waals surface area contributed by atoms with Crippen LogP contribution in [0.2, 0.25) is 5.02 Å². The van der Waals surface area contributed by atoms with Crippen molar-refractivity contribution in [1.82, 2.24) is 25.8 Å². The standard InChI is InChI=1S/C18H21ClN6OS.HI/c1-3-20-18(21-8-7-15-11-27-12(2)23-15)22-10-16-24-17(25-26-16)13-5-4-6-14(19)9-13;/h4-6,9,11H,3,7-8,10H2,1-2H3,(H2,20,21,22);1H. The molecule has 0 saturated carbocycles. The number of nitrogens with one attached hydrogen (secondary N) is 2. The highest BCUT2D eigenvalue weighted by Crippen LogP contribution is 2.20. The molecule has 10 heteroatoms. The van der Waals surface area contributed by atoms with Crippen LogP contribution in [0.4, 0.5) is 0 Å². The van der Waals surface area contributed by atoms with Gasteiger partial charge in [0.2, 0.25) is 11.7 Å². The van der Waals surface area contributed by atoms with Gasteiger partial charge in [0.05, 0.1) is 10.7 Å². The zero-order valence-electron chi connectivity index (χ0n) is 15.6. The second-order valence-corrected chi connectivity index (χ2v) is 7.25. The Hall–Kier alpha value is -1.72. The third-order valence-corrected chi connectivity index (χ3v) is 4.67. The van der Waals surface area contributed by atoms with E-state index in [4.69, 9.17) is 16.1 Å². The number of aromatic nitrogens is 3. The summed E-state index contributed by atoms with van der Waals surface area (Å²) in [4.78, 5) is 13.3. The van der Waals surface area contributed by atoms with Crippen molar-refractivity contribution in [3.05, 3.63) is 51.3 Å². The summed E-state index contributed by atoms with van der Waals surface area (Å²) in [5, 5.41) is 14.3. The van der Waals surface area contributed by atoms with Crippen LogP contribution in [0.5, 0.6) is 0 Å². The zero-order valence-corrected chi connectivity index (χ0v) is 19.5. The molecule has 1 aromatic carbocycles. The molecule has 2 N–H and O–H groups in total. The molecule has 0 unspecified atom stereocenters. The van der Waals surface area contributed by atoms with E-state index in [0.29, 0.717) is 29.2 Å². The molecule has 0 amide bonds. The fourth-order valence-electron chi connectivity index (χ4n) is 2.38. The van der Waals surface area contributed by atoms with Crippen molar-refractivity contribution in [2.24, 2.45) is 4.99 Å². The number of halogens is 2. The lowest BCUT2D eigenvalue weighted by Crippen LogP contribution is -2.38. The summed E-state index contributed by atoms with van der Waals surface area (Å²) in [6, 6.07) is 7.33. The average Bonchev–Trinajstić information content (AvgIpc) is 3.29. The number of guanidine groups is 1. The average molecular weight is 533 g/mol. The van der Waals surface area contributed by atoms with Crippen LogP contribution in [0.1, 0.15) is 23.5 Å². The van der Waals surface area contributed by atoms with Gasteiger partial charge in [-0.3, -0.25) is 0 Å².